The van der Waals surface area contributed by atoms with E-state index in [2.05, 4.69) is 21.5 Å². The Morgan fingerprint density at radius 2 is 2.03 bits per heavy atom. The smallest absolute Gasteiger partial charge is 0.272 e. The number of rotatable bonds is 5. The lowest BCUT2D eigenvalue weighted by atomic mass is 10.0. The quantitative estimate of drug-likeness (QED) is 0.667. The number of para-hydroxylation sites is 1. The van der Waals surface area contributed by atoms with Gasteiger partial charge in [-0.2, -0.15) is 5.10 Å². The fraction of sp³-hybridized carbons (Fsp3) is 0.458. The lowest BCUT2D eigenvalue weighted by molar-refractivity contribution is -0.132. The summed E-state index contributed by atoms with van der Waals surface area (Å²) >= 11 is 0. The molecule has 7 nitrogen and oxygen atoms in total. The summed E-state index contributed by atoms with van der Waals surface area (Å²) in [5, 5.41) is 8.83. The van der Waals surface area contributed by atoms with Crippen molar-refractivity contribution in [2.24, 2.45) is 7.05 Å². The second-order valence-corrected chi connectivity index (χ2v) is 8.78. The van der Waals surface area contributed by atoms with Crippen molar-refractivity contribution in [3.63, 3.8) is 0 Å². The highest BCUT2D eigenvalue weighted by Gasteiger charge is 2.30. The van der Waals surface area contributed by atoms with Gasteiger partial charge < -0.3 is 15.2 Å². The van der Waals surface area contributed by atoms with Crippen LogP contribution in [0.25, 0.3) is 10.9 Å². The Bertz CT molecular complexity index is 1120. The number of nitrogens with one attached hydrogen (secondary N) is 2. The van der Waals surface area contributed by atoms with E-state index in [9.17, 15) is 9.59 Å². The Morgan fingerprint density at radius 3 is 2.87 bits per heavy atom. The summed E-state index contributed by atoms with van der Waals surface area (Å²) in [5.41, 5.74) is 4.72. The van der Waals surface area contributed by atoms with E-state index in [1.165, 1.54) is 23.8 Å². The van der Waals surface area contributed by atoms with E-state index in [4.69, 9.17) is 0 Å². The van der Waals surface area contributed by atoms with Gasteiger partial charge in [0.25, 0.3) is 5.91 Å². The van der Waals surface area contributed by atoms with Crippen LogP contribution in [0.2, 0.25) is 0 Å². The summed E-state index contributed by atoms with van der Waals surface area (Å²) in [5.74, 6) is 0.0266. The monoisotopic (exact) mass is 419 g/mol. The van der Waals surface area contributed by atoms with Crippen LogP contribution < -0.4 is 5.32 Å². The highest BCUT2D eigenvalue weighted by Crippen LogP contribution is 2.25. The number of fused-ring (bicyclic) bond motifs is 2. The zero-order valence-corrected chi connectivity index (χ0v) is 18.0. The van der Waals surface area contributed by atoms with Gasteiger partial charge >= 0.3 is 0 Å². The SMILES string of the molecule is Cn1nc(C(=O)NC2CCCC2)c2c1CCN(C(=O)CCc1c[nH]c3ccccc13)C2. The van der Waals surface area contributed by atoms with Crippen LogP contribution in [-0.2, 0) is 31.2 Å². The molecule has 31 heavy (non-hydrogen) atoms. The molecule has 2 aliphatic rings. The van der Waals surface area contributed by atoms with Gasteiger partial charge in [-0.05, 0) is 30.9 Å². The molecule has 1 fully saturated rings. The maximum atomic E-state index is 13.0. The molecule has 0 bridgehead atoms. The number of H-pyrrole nitrogens is 1. The molecule has 0 atom stereocenters. The topological polar surface area (TPSA) is 83.0 Å². The van der Waals surface area contributed by atoms with E-state index in [0.717, 1.165) is 36.0 Å². The van der Waals surface area contributed by atoms with Gasteiger partial charge in [-0.3, -0.25) is 14.3 Å². The summed E-state index contributed by atoms with van der Waals surface area (Å²) in [6.07, 6.45) is 8.31. The van der Waals surface area contributed by atoms with E-state index < -0.39 is 0 Å². The van der Waals surface area contributed by atoms with Gasteiger partial charge in [-0.25, -0.2) is 0 Å². The Balaban J connectivity index is 1.27. The highest BCUT2D eigenvalue weighted by atomic mass is 16.2. The number of nitrogens with zero attached hydrogens (tertiary/aromatic N) is 3. The first-order valence-corrected chi connectivity index (χ1v) is 11.3. The minimum Gasteiger partial charge on any atom is -0.361 e. The molecular weight excluding hydrogens is 390 g/mol. The maximum Gasteiger partial charge on any atom is 0.272 e. The summed E-state index contributed by atoms with van der Waals surface area (Å²) in [4.78, 5) is 31.0. The lowest BCUT2D eigenvalue weighted by Crippen LogP contribution is -2.38. The molecule has 1 aliphatic heterocycles. The second-order valence-electron chi connectivity index (χ2n) is 8.78. The number of amides is 2. The molecule has 2 amide bonds. The maximum absolute atomic E-state index is 13.0. The molecule has 0 spiro atoms. The van der Waals surface area contributed by atoms with Crippen LogP contribution in [0.4, 0.5) is 0 Å². The third kappa shape index (κ3) is 3.84. The molecule has 162 valence electrons. The first kappa shape index (κ1) is 19.8. The third-order valence-corrected chi connectivity index (χ3v) is 6.78. The minimum atomic E-state index is -0.100. The molecule has 3 aromatic rings. The lowest BCUT2D eigenvalue weighted by Gasteiger charge is -2.28. The fourth-order valence-corrected chi connectivity index (χ4v) is 5.05. The van der Waals surface area contributed by atoms with E-state index in [-0.39, 0.29) is 17.9 Å². The Hall–Kier alpha value is -3.09. The van der Waals surface area contributed by atoms with Gasteiger partial charge in [0.2, 0.25) is 5.91 Å². The molecule has 0 radical (unpaired) electrons. The van der Waals surface area contributed by atoms with E-state index in [1.54, 1.807) is 0 Å². The van der Waals surface area contributed by atoms with E-state index in [0.29, 0.717) is 31.6 Å². The zero-order chi connectivity index (χ0) is 21.4. The van der Waals surface area contributed by atoms with Crippen molar-refractivity contribution in [3.8, 4) is 0 Å². The van der Waals surface area contributed by atoms with E-state index >= 15 is 0 Å². The van der Waals surface area contributed by atoms with Crippen molar-refractivity contribution < 1.29 is 9.59 Å². The largest absolute Gasteiger partial charge is 0.361 e. The zero-order valence-electron chi connectivity index (χ0n) is 18.0. The van der Waals surface area contributed by atoms with Gasteiger partial charge in [0.1, 0.15) is 0 Å². The number of aromatic nitrogens is 3. The molecule has 5 rings (SSSR count). The number of aromatic amines is 1. The average molecular weight is 420 g/mol. The highest BCUT2D eigenvalue weighted by molar-refractivity contribution is 5.94. The Morgan fingerprint density at radius 1 is 1.23 bits per heavy atom. The van der Waals surface area contributed by atoms with Gasteiger partial charge in [0.05, 0.1) is 0 Å². The van der Waals surface area contributed by atoms with Crippen LogP contribution in [0.1, 0.15) is 59.4 Å². The molecule has 1 saturated carbocycles. The van der Waals surface area contributed by atoms with Crippen LogP contribution in [0, 0.1) is 0 Å². The minimum absolute atomic E-state index is 0.100. The first-order chi connectivity index (χ1) is 15.1. The number of hydrogen-bond donors (Lipinski definition) is 2. The van der Waals surface area contributed by atoms with Crippen LogP contribution in [-0.4, -0.2) is 44.1 Å². The predicted molar refractivity (Wildman–Crippen MR) is 119 cm³/mol. The van der Waals surface area contributed by atoms with Gasteiger partial charge in [0, 0.05) is 67.4 Å². The number of carbonyl (C=O) groups excluding carboxylic acids is 2. The van der Waals surface area contributed by atoms with Crippen LogP contribution in [0.5, 0.6) is 0 Å². The molecule has 3 heterocycles. The molecule has 0 saturated heterocycles. The predicted octanol–water partition coefficient (Wildman–Crippen LogP) is 3.09. The van der Waals surface area contributed by atoms with Crippen molar-refractivity contribution in [2.45, 2.75) is 57.5 Å². The Kier molecular flexibility index (Phi) is 5.26. The van der Waals surface area contributed by atoms with Gasteiger partial charge in [-0.15, -0.1) is 0 Å². The molecule has 7 heteroatoms. The number of hydrogen-bond acceptors (Lipinski definition) is 3. The summed E-state index contributed by atoms with van der Waals surface area (Å²) < 4.78 is 1.81. The Labute approximate surface area is 181 Å². The number of aryl methyl sites for hydroxylation is 2. The van der Waals surface area contributed by atoms with Crippen LogP contribution >= 0.6 is 0 Å². The summed E-state index contributed by atoms with van der Waals surface area (Å²) in [6, 6.07) is 8.42. The van der Waals surface area contributed by atoms with Crippen LogP contribution in [0.15, 0.2) is 30.5 Å². The normalized spacial score (nSPS) is 16.6. The molecule has 0 unspecified atom stereocenters. The molecule has 2 aromatic heterocycles. The molecular formula is C24H29N5O2. The van der Waals surface area contributed by atoms with E-state index in [1.807, 2.05) is 41.0 Å². The van der Waals surface area contributed by atoms with Crippen molar-refractivity contribution in [3.05, 3.63) is 53.0 Å². The standard InChI is InChI=1S/C24H29N5O2/c1-28-21-12-13-29(15-19(21)23(27-28)24(31)26-17-6-2-3-7-17)22(30)11-10-16-14-25-20-9-5-4-8-18(16)20/h4-5,8-9,14,17,25H,2-3,6-7,10-13,15H2,1H3,(H,26,31). The first-order valence-electron chi connectivity index (χ1n) is 11.3. The second kappa shape index (κ2) is 8.21. The van der Waals surface area contributed by atoms with Crippen molar-refractivity contribution in [1.82, 2.24) is 25.0 Å². The number of benzene rings is 1. The molecule has 2 N–H and O–H groups in total. The average Bonchev–Trinajstić information content (AvgIpc) is 3.51. The van der Waals surface area contributed by atoms with Crippen LogP contribution in [0.3, 0.4) is 0 Å². The number of carbonyl (C=O) groups is 2. The summed E-state index contributed by atoms with van der Waals surface area (Å²) in [7, 11) is 1.89. The molecule has 1 aliphatic carbocycles. The summed E-state index contributed by atoms with van der Waals surface area (Å²) in [6.45, 7) is 1.13. The van der Waals surface area contributed by atoms with Gasteiger partial charge in [-0.1, -0.05) is 31.0 Å². The third-order valence-electron chi connectivity index (χ3n) is 6.78. The van der Waals surface area contributed by atoms with Crippen molar-refractivity contribution in [1.29, 1.82) is 0 Å². The molecule has 1 aromatic carbocycles. The van der Waals surface area contributed by atoms with Crippen molar-refractivity contribution in [2.75, 3.05) is 6.54 Å². The fourth-order valence-electron chi connectivity index (χ4n) is 5.05. The van der Waals surface area contributed by atoms with Crippen molar-refractivity contribution >= 4 is 22.7 Å². The van der Waals surface area contributed by atoms with Gasteiger partial charge in [0.15, 0.2) is 5.69 Å².